The number of carbonyl (C=O) groups is 1. The van der Waals surface area contributed by atoms with E-state index in [1.54, 1.807) is 0 Å². The zero-order valence-corrected chi connectivity index (χ0v) is 9.62. The van der Waals surface area contributed by atoms with Gasteiger partial charge in [0, 0.05) is 23.2 Å². The molecule has 0 unspecified atom stereocenters. The van der Waals surface area contributed by atoms with Crippen LogP contribution in [0.4, 0.5) is 5.69 Å². The van der Waals surface area contributed by atoms with Gasteiger partial charge in [-0.2, -0.15) is 4.31 Å². The van der Waals surface area contributed by atoms with E-state index in [1.165, 1.54) is 0 Å². The van der Waals surface area contributed by atoms with Gasteiger partial charge < -0.3 is 5.11 Å². The number of sulfonamides is 1. The highest BCUT2D eigenvalue weighted by atomic mass is 32.2. The molecule has 0 atom stereocenters. The second-order valence-corrected chi connectivity index (χ2v) is 5.02. The molecule has 0 aromatic heterocycles. The maximum absolute atomic E-state index is 12.1. The van der Waals surface area contributed by atoms with Crippen LogP contribution >= 0.6 is 0 Å². The Hall–Kier alpha value is -2.00. The van der Waals surface area contributed by atoms with Gasteiger partial charge in [0.25, 0.3) is 5.69 Å². The summed E-state index contributed by atoms with van der Waals surface area (Å²) in [5, 5.41) is 19.1. The number of non-ortho nitro benzene ring substituents is 1. The highest BCUT2D eigenvalue weighted by Gasteiger charge is 2.23. The fourth-order valence-electron chi connectivity index (χ4n) is 1.07. The Balaban J connectivity index is 3.28. The zero-order chi connectivity index (χ0) is 16.4. The molecule has 0 aliphatic heterocycles. The SMILES string of the molecule is [2H]C([2H])([2H])N(CC(=O)O)S(=O)(=O)c1ccc([N+](=O)[O-])cc1. The van der Waals surface area contributed by atoms with E-state index < -0.39 is 39.3 Å². The molecule has 0 bridgehead atoms. The van der Waals surface area contributed by atoms with Crippen molar-refractivity contribution in [1.82, 2.24) is 4.31 Å². The number of rotatable bonds is 5. The minimum atomic E-state index is -4.63. The van der Waals surface area contributed by atoms with Gasteiger partial charge in [-0.25, -0.2) is 8.42 Å². The van der Waals surface area contributed by atoms with Crippen LogP contribution in [0.15, 0.2) is 29.2 Å². The van der Waals surface area contributed by atoms with Crippen LogP contribution in [-0.2, 0) is 14.8 Å². The number of carboxylic acids is 1. The summed E-state index contributed by atoms with van der Waals surface area (Å²) in [5.41, 5.74) is -0.382. The number of likely N-dealkylation sites (N-methyl/N-ethyl adjacent to an activating group) is 1. The van der Waals surface area contributed by atoms with Crippen molar-refractivity contribution in [2.45, 2.75) is 4.90 Å². The molecule has 0 radical (unpaired) electrons. The predicted octanol–water partition coefficient (Wildman–Crippen LogP) is 0.300. The largest absolute Gasteiger partial charge is 0.480 e. The van der Waals surface area contributed by atoms with Gasteiger partial charge in [0.05, 0.1) is 9.82 Å². The predicted molar refractivity (Wildman–Crippen MR) is 60.5 cm³/mol. The summed E-state index contributed by atoms with van der Waals surface area (Å²) in [6, 6.07) is 3.44. The lowest BCUT2D eigenvalue weighted by atomic mass is 10.3. The summed E-state index contributed by atoms with van der Waals surface area (Å²) in [5.74, 6) is -1.64. The molecule has 1 rings (SSSR count). The van der Waals surface area contributed by atoms with Gasteiger partial charge >= 0.3 is 5.97 Å². The third kappa shape index (κ3) is 3.02. The third-order valence-corrected chi connectivity index (χ3v) is 3.49. The van der Waals surface area contributed by atoms with Crippen molar-refractivity contribution in [2.24, 2.45) is 0 Å². The molecule has 1 aromatic rings. The maximum Gasteiger partial charge on any atom is 0.318 e. The van der Waals surface area contributed by atoms with Crippen molar-refractivity contribution >= 4 is 21.7 Å². The van der Waals surface area contributed by atoms with Crippen LogP contribution in [-0.4, -0.2) is 42.2 Å². The Morgan fingerprint density at radius 1 is 1.50 bits per heavy atom. The summed E-state index contributed by atoms with van der Waals surface area (Å²) in [6.45, 7) is -4.45. The number of hydrogen-bond donors (Lipinski definition) is 1. The number of nitro benzene ring substituents is 1. The van der Waals surface area contributed by atoms with Gasteiger partial charge in [-0.1, -0.05) is 0 Å². The van der Waals surface area contributed by atoms with Gasteiger partial charge in [0.2, 0.25) is 10.0 Å². The first-order valence-corrected chi connectivity index (χ1v) is 5.89. The number of nitro groups is 1. The molecule has 1 aromatic carbocycles. The summed E-state index contributed by atoms with van der Waals surface area (Å²) < 4.78 is 45.4. The van der Waals surface area contributed by atoms with Crippen molar-refractivity contribution in [1.29, 1.82) is 0 Å². The van der Waals surface area contributed by atoms with Crippen LogP contribution in [0.1, 0.15) is 4.11 Å². The van der Waals surface area contributed by atoms with Crippen molar-refractivity contribution < 1.29 is 27.4 Å². The first-order valence-electron chi connectivity index (χ1n) is 5.95. The highest BCUT2D eigenvalue weighted by Crippen LogP contribution is 2.18. The smallest absolute Gasteiger partial charge is 0.318 e. The highest BCUT2D eigenvalue weighted by molar-refractivity contribution is 7.89. The third-order valence-electron chi connectivity index (χ3n) is 1.91. The quantitative estimate of drug-likeness (QED) is 0.610. The van der Waals surface area contributed by atoms with E-state index in [2.05, 4.69) is 0 Å². The standard InChI is InChI=1S/C9H10N2O6S/c1-10(6-9(12)13)18(16,17)8-4-2-7(3-5-8)11(14)15/h2-5H,6H2,1H3,(H,12,13)/i1D3. The summed E-state index contributed by atoms with van der Waals surface area (Å²) in [4.78, 5) is 19.8. The van der Waals surface area contributed by atoms with Crippen LogP contribution in [0.25, 0.3) is 0 Å². The topological polar surface area (TPSA) is 118 Å². The Kier molecular flexibility index (Phi) is 2.83. The number of nitrogens with zero attached hydrogens (tertiary/aromatic N) is 2. The number of benzene rings is 1. The fraction of sp³-hybridized carbons (Fsp3) is 0.222. The normalized spacial score (nSPS) is 14.6. The lowest BCUT2D eigenvalue weighted by molar-refractivity contribution is -0.384. The molecule has 0 heterocycles. The Bertz CT molecular complexity index is 655. The lowest BCUT2D eigenvalue weighted by Crippen LogP contribution is -2.31. The van der Waals surface area contributed by atoms with Crippen molar-refractivity contribution in [3.05, 3.63) is 34.4 Å². The Labute approximate surface area is 107 Å². The molecule has 8 nitrogen and oxygen atoms in total. The monoisotopic (exact) mass is 277 g/mol. The first kappa shape index (κ1) is 9.97. The van der Waals surface area contributed by atoms with Gasteiger partial charge in [0.15, 0.2) is 0 Å². The molecule has 98 valence electrons. The van der Waals surface area contributed by atoms with Crippen LogP contribution in [0.2, 0.25) is 0 Å². The van der Waals surface area contributed by atoms with E-state index in [0.717, 1.165) is 24.3 Å². The first-order chi connectivity index (χ1) is 9.46. The summed E-state index contributed by atoms with van der Waals surface area (Å²) in [6.07, 6.45) is 0. The minimum absolute atomic E-state index is 0.163. The van der Waals surface area contributed by atoms with Gasteiger partial charge in [-0.3, -0.25) is 14.9 Å². The second-order valence-electron chi connectivity index (χ2n) is 3.16. The van der Waals surface area contributed by atoms with Crippen LogP contribution in [0.3, 0.4) is 0 Å². The fourth-order valence-corrected chi connectivity index (χ4v) is 2.09. The van der Waals surface area contributed by atoms with E-state index in [0.29, 0.717) is 0 Å². The zero-order valence-electron chi connectivity index (χ0n) is 11.8. The van der Waals surface area contributed by atoms with E-state index in [-0.39, 0.29) is 9.99 Å². The van der Waals surface area contributed by atoms with E-state index in [9.17, 15) is 23.3 Å². The van der Waals surface area contributed by atoms with Gasteiger partial charge in [-0.05, 0) is 12.1 Å². The average molecular weight is 277 g/mol. The maximum atomic E-state index is 12.1. The molecule has 0 amide bonds. The molecule has 0 saturated carbocycles. The van der Waals surface area contributed by atoms with Gasteiger partial charge in [0.1, 0.15) is 6.54 Å². The number of carboxylic acid groups (broad SMARTS) is 1. The molecular weight excluding hydrogens is 264 g/mol. The molecule has 0 saturated heterocycles. The Morgan fingerprint density at radius 3 is 2.44 bits per heavy atom. The van der Waals surface area contributed by atoms with Crippen LogP contribution in [0.5, 0.6) is 0 Å². The number of aliphatic carboxylic acids is 1. The number of hydrogen-bond acceptors (Lipinski definition) is 5. The molecule has 1 N–H and O–H groups in total. The van der Waals surface area contributed by atoms with Crippen molar-refractivity contribution in [3.8, 4) is 0 Å². The second kappa shape index (κ2) is 5.10. The molecular formula is C9H10N2O6S. The molecule has 0 aliphatic carbocycles. The minimum Gasteiger partial charge on any atom is -0.480 e. The van der Waals surface area contributed by atoms with E-state index >= 15 is 0 Å². The molecule has 0 aliphatic rings. The van der Waals surface area contributed by atoms with Crippen molar-refractivity contribution in [2.75, 3.05) is 13.5 Å². The van der Waals surface area contributed by atoms with Crippen LogP contribution < -0.4 is 0 Å². The average Bonchev–Trinajstić information content (AvgIpc) is 2.34. The van der Waals surface area contributed by atoms with E-state index in [1.807, 2.05) is 0 Å². The van der Waals surface area contributed by atoms with Crippen molar-refractivity contribution in [3.63, 3.8) is 0 Å². The summed E-state index contributed by atoms with van der Waals surface area (Å²) in [7, 11) is -4.63. The lowest BCUT2D eigenvalue weighted by Gasteiger charge is -2.14. The molecule has 9 heteroatoms. The van der Waals surface area contributed by atoms with Crippen LogP contribution in [0, 0.1) is 10.1 Å². The van der Waals surface area contributed by atoms with Gasteiger partial charge in [-0.15, -0.1) is 0 Å². The Morgan fingerprint density at radius 2 is 2.06 bits per heavy atom. The van der Waals surface area contributed by atoms with E-state index in [4.69, 9.17) is 9.22 Å². The summed E-state index contributed by atoms with van der Waals surface area (Å²) >= 11 is 0. The molecule has 0 fully saturated rings. The molecule has 18 heavy (non-hydrogen) atoms. The molecule has 0 spiro atoms.